The second-order valence-corrected chi connectivity index (χ2v) is 6.22. The molecule has 0 radical (unpaired) electrons. The number of nitrogens with one attached hydrogen (secondary N) is 1. The Labute approximate surface area is 123 Å². The second kappa shape index (κ2) is 7.09. The van der Waals surface area contributed by atoms with Crippen molar-refractivity contribution in [2.75, 3.05) is 20.1 Å². The number of amides is 1. The van der Waals surface area contributed by atoms with Gasteiger partial charge in [0.05, 0.1) is 5.25 Å². The van der Waals surface area contributed by atoms with Crippen molar-refractivity contribution in [2.24, 2.45) is 0 Å². The molecule has 0 aliphatic carbocycles. The van der Waals surface area contributed by atoms with E-state index < -0.39 is 0 Å². The van der Waals surface area contributed by atoms with Crippen LogP contribution in [0.2, 0.25) is 0 Å². The van der Waals surface area contributed by atoms with Crippen molar-refractivity contribution >= 4 is 17.7 Å². The van der Waals surface area contributed by atoms with Gasteiger partial charge >= 0.3 is 0 Å². The lowest BCUT2D eigenvalue weighted by atomic mass is 10.2. The van der Waals surface area contributed by atoms with Gasteiger partial charge in [0.25, 0.3) is 0 Å². The van der Waals surface area contributed by atoms with Gasteiger partial charge in [0.1, 0.15) is 11.2 Å². The lowest BCUT2D eigenvalue weighted by Crippen LogP contribution is -2.33. The summed E-state index contributed by atoms with van der Waals surface area (Å²) in [4.78, 5) is 14.3. The summed E-state index contributed by atoms with van der Waals surface area (Å²) in [6, 6.07) is 6.58. The van der Waals surface area contributed by atoms with E-state index in [2.05, 4.69) is 5.32 Å². The molecule has 1 heterocycles. The van der Waals surface area contributed by atoms with Crippen LogP contribution in [0, 0.1) is 5.82 Å². The predicted octanol–water partition coefficient (Wildman–Crippen LogP) is 2.79. The van der Waals surface area contributed by atoms with E-state index in [0.717, 1.165) is 24.9 Å². The highest BCUT2D eigenvalue weighted by molar-refractivity contribution is 8.01. The molecule has 0 saturated carbocycles. The molecule has 0 spiro atoms. The van der Waals surface area contributed by atoms with Gasteiger partial charge in [0.2, 0.25) is 5.91 Å². The maximum Gasteiger partial charge on any atom is 0.236 e. The second-order valence-electron chi connectivity index (χ2n) is 4.93. The van der Waals surface area contributed by atoms with Crippen LogP contribution in [-0.2, 0) is 4.79 Å². The first kappa shape index (κ1) is 15.3. The van der Waals surface area contributed by atoms with Crippen LogP contribution in [0.15, 0.2) is 24.3 Å². The third-order valence-electron chi connectivity index (χ3n) is 3.47. The molecular formula is C15H21FN2OS. The average molecular weight is 296 g/mol. The van der Waals surface area contributed by atoms with Crippen LogP contribution in [-0.4, -0.2) is 36.2 Å². The molecule has 3 nitrogen and oxygen atoms in total. The van der Waals surface area contributed by atoms with E-state index in [4.69, 9.17) is 0 Å². The molecule has 0 bridgehead atoms. The van der Waals surface area contributed by atoms with Crippen LogP contribution in [0.3, 0.4) is 0 Å². The number of thioether (sulfide) groups is 1. The molecule has 1 aliphatic rings. The molecule has 1 N–H and O–H groups in total. The van der Waals surface area contributed by atoms with Crippen molar-refractivity contribution in [1.29, 1.82) is 0 Å². The molecule has 1 aromatic rings. The minimum absolute atomic E-state index is 0.00199. The first-order valence-corrected chi connectivity index (χ1v) is 7.97. The summed E-state index contributed by atoms with van der Waals surface area (Å²) < 4.78 is 13.4. The topological polar surface area (TPSA) is 32.3 Å². The van der Waals surface area contributed by atoms with E-state index in [9.17, 15) is 9.18 Å². The number of hydrogen-bond acceptors (Lipinski definition) is 3. The summed E-state index contributed by atoms with van der Waals surface area (Å²) in [5.41, 5.74) is 0.878. The molecule has 110 valence electrons. The van der Waals surface area contributed by atoms with Crippen molar-refractivity contribution < 1.29 is 9.18 Å². The summed E-state index contributed by atoms with van der Waals surface area (Å²) in [7, 11) is 1.90. The molecule has 1 aromatic carbocycles. The van der Waals surface area contributed by atoms with Gasteiger partial charge in [0.15, 0.2) is 0 Å². The van der Waals surface area contributed by atoms with E-state index >= 15 is 0 Å². The molecule has 2 unspecified atom stereocenters. The average Bonchev–Trinajstić information content (AvgIpc) is 2.76. The van der Waals surface area contributed by atoms with Crippen molar-refractivity contribution in [3.63, 3.8) is 0 Å². The van der Waals surface area contributed by atoms with Crippen molar-refractivity contribution in [3.8, 4) is 0 Å². The third kappa shape index (κ3) is 3.33. The van der Waals surface area contributed by atoms with Crippen molar-refractivity contribution in [3.05, 3.63) is 35.6 Å². The molecule has 1 amide bonds. The fraction of sp³-hybridized carbons (Fsp3) is 0.533. The Balaban J connectivity index is 2.17. The highest BCUT2D eigenvalue weighted by atomic mass is 32.2. The number of carbonyl (C=O) groups excluding carboxylic acids is 1. The highest BCUT2D eigenvalue weighted by Crippen LogP contribution is 2.44. The normalized spacial score (nSPS) is 22.6. The molecule has 0 aromatic heterocycles. The summed E-state index contributed by atoms with van der Waals surface area (Å²) in [6.07, 6.45) is 1.73. The van der Waals surface area contributed by atoms with Gasteiger partial charge in [-0.25, -0.2) is 4.39 Å². The maximum absolute atomic E-state index is 13.4. The SMILES string of the molecule is CCC1SC(c2cccc(F)c2)N(CCCNC)C1=O. The number of halogens is 1. The Morgan fingerprint density at radius 2 is 2.25 bits per heavy atom. The minimum Gasteiger partial charge on any atom is -0.326 e. The largest absolute Gasteiger partial charge is 0.326 e. The van der Waals surface area contributed by atoms with Crippen molar-refractivity contribution in [1.82, 2.24) is 10.2 Å². The van der Waals surface area contributed by atoms with Gasteiger partial charge in [-0.15, -0.1) is 11.8 Å². The van der Waals surface area contributed by atoms with Gasteiger partial charge in [-0.2, -0.15) is 0 Å². The van der Waals surface area contributed by atoms with Gasteiger partial charge in [0, 0.05) is 6.54 Å². The fourth-order valence-corrected chi connectivity index (χ4v) is 3.85. The standard InChI is InChI=1S/C15H21FN2OS/c1-3-13-14(19)18(9-5-8-17-2)15(20-13)11-6-4-7-12(16)10-11/h4,6-7,10,13,15,17H,3,5,8-9H2,1-2H3. The number of hydrogen-bond donors (Lipinski definition) is 1. The first-order valence-electron chi connectivity index (χ1n) is 7.03. The zero-order valence-corrected chi connectivity index (χ0v) is 12.8. The monoisotopic (exact) mass is 296 g/mol. The van der Waals surface area contributed by atoms with E-state index in [1.165, 1.54) is 12.1 Å². The van der Waals surface area contributed by atoms with Crippen LogP contribution in [0.25, 0.3) is 0 Å². The molecule has 1 saturated heterocycles. The number of rotatable bonds is 6. The Morgan fingerprint density at radius 3 is 2.90 bits per heavy atom. The van der Waals surface area contributed by atoms with E-state index in [-0.39, 0.29) is 22.3 Å². The third-order valence-corrected chi connectivity index (χ3v) is 5.11. The Bertz CT molecular complexity index is 469. The summed E-state index contributed by atoms with van der Waals surface area (Å²) in [6.45, 7) is 3.61. The summed E-state index contributed by atoms with van der Waals surface area (Å²) in [5, 5.41) is 3.03. The zero-order valence-electron chi connectivity index (χ0n) is 11.9. The fourth-order valence-electron chi connectivity index (χ4n) is 2.43. The van der Waals surface area contributed by atoms with Gasteiger partial charge in [-0.3, -0.25) is 4.79 Å². The van der Waals surface area contributed by atoms with Crippen LogP contribution in [0.4, 0.5) is 4.39 Å². The molecule has 1 aliphatic heterocycles. The molecular weight excluding hydrogens is 275 g/mol. The van der Waals surface area contributed by atoms with E-state index in [1.807, 2.05) is 24.9 Å². The van der Waals surface area contributed by atoms with Gasteiger partial charge in [-0.05, 0) is 44.1 Å². The van der Waals surface area contributed by atoms with Gasteiger partial charge < -0.3 is 10.2 Å². The smallest absolute Gasteiger partial charge is 0.236 e. The lowest BCUT2D eigenvalue weighted by Gasteiger charge is -2.24. The first-order chi connectivity index (χ1) is 9.67. The highest BCUT2D eigenvalue weighted by Gasteiger charge is 2.39. The predicted molar refractivity (Wildman–Crippen MR) is 81.1 cm³/mol. The zero-order chi connectivity index (χ0) is 14.5. The summed E-state index contributed by atoms with van der Waals surface area (Å²) in [5.74, 6) is -0.0615. The van der Waals surface area contributed by atoms with Gasteiger partial charge in [-0.1, -0.05) is 19.1 Å². The minimum atomic E-state index is -0.245. The molecule has 20 heavy (non-hydrogen) atoms. The Hall–Kier alpha value is -1.07. The van der Waals surface area contributed by atoms with E-state index in [1.54, 1.807) is 17.8 Å². The Morgan fingerprint density at radius 1 is 1.45 bits per heavy atom. The van der Waals surface area contributed by atoms with Crippen LogP contribution in [0.5, 0.6) is 0 Å². The van der Waals surface area contributed by atoms with E-state index in [0.29, 0.717) is 6.54 Å². The number of benzene rings is 1. The summed E-state index contributed by atoms with van der Waals surface area (Å²) >= 11 is 1.64. The number of nitrogens with zero attached hydrogens (tertiary/aromatic N) is 1. The molecule has 2 rings (SSSR count). The quantitative estimate of drug-likeness (QED) is 0.819. The molecule has 5 heteroatoms. The lowest BCUT2D eigenvalue weighted by molar-refractivity contribution is -0.130. The van der Waals surface area contributed by atoms with Crippen LogP contribution < -0.4 is 5.32 Å². The number of carbonyl (C=O) groups is 1. The van der Waals surface area contributed by atoms with Crippen molar-refractivity contribution in [2.45, 2.75) is 30.4 Å². The van der Waals surface area contributed by atoms with Crippen LogP contribution in [0.1, 0.15) is 30.7 Å². The molecule has 1 fully saturated rings. The van der Waals surface area contributed by atoms with Crippen LogP contribution >= 0.6 is 11.8 Å². The molecule has 2 atom stereocenters. The Kier molecular flexibility index (Phi) is 5.43. The maximum atomic E-state index is 13.4.